The Labute approximate surface area is 161 Å². The molecule has 3 aromatic heterocycles. The van der Waals surface area contributed by atoms with Crippen LogP contribution in [0.15, 0.2) is 70.7 Å². The highest BCUT2D eigenvalue weighted by molar-refractivity contribution is 7.10. The van der Waals surface area contributed by atoms with Crippen molar-refractivity contribution < 1.29 is 14.3 Å². The Balaban J connectivity index is 1.78. The molecule has 0 aliphatic carbocycles. The largest absolute Gasteiger partial charge is 0.457 e. The summed E-state index contributed by atoms with van der Waals surface area (Å²) >= 11 is 1.67. The van der Waals surface area contributed by atoms with Gasteiger partial charge in [0, 0.05) is 17.6 Å². The number of hydrogen-bond donors (Lipinski definition) is 1. The highest BCUT2D eigenvalue weighted by Gasteiger charge is 2.21. The van der Waals surface area contributed by atoms with Gasteiger partial charge in [0.15, 0.2) is 5.76 Å². The van der Waals surface area contributed by atoms with Crippen molar-refractivity contribution in [2.24, 2.45) is 0 Å². The minimum Gasteiger partial charge on any atom is -0.457 e. The van der Waals surface area contributed by atoms with Gasteiger partial charge < -0.3 is 18.8 Å². The fraction of sp³-hybridized carbons (Fsp3) is 0.190. The van der Waals surface area contributed by atoms with Crippen LogP contribution in [-0.4, -0.2) is 21.8 Å². The second-order valence-electron chi connectivity index (χ2n) is 6.12. The first-order valence-corrected chi connectivity index (χ1v) is 9.54. The first-order chi connectivity index (χ1) is 13.3. The van der Waals surface area contributed by atoms with Crippen LogP contribution >= 0.6 is 11.3 Å². The van der Waals surface area contributed by atoms with Crippen molar-refractivity contribution in [3.05, 3.63) is 76.9 Å². The van der Waals surface area contributed by atoms with E-state index in [-0.39, 0.29) is 12.7 Å². The zero-order chi connectivity index (χ0) is 18.6. The van der Waals surface area contributed by atoms with E-state index in [0.717, 1.165) is 21.8 Å². The number of aromatic nitrogens is 2. The number of imidazole rings is 1. The van der Waals surface area contributed by atoms with Gasteiger partial charge >= 0.3 is 0 Å². The molecule has 4 rings (SSSR count). The molecule has 5 nitrogen and oxygen atoms in total. The maximum absolute atomic E-state index is 9.38. The fourth-order valence-electron chi connectivity index (χ4n) is 3.11. The third-order valence-electron chi connectivity index (χ3n) is 4.44. The third kappa shape index (κ3) is 3.60. The molecule has 0 aliphatic rings. The molecular weight excluding hydrogens is 360 g/mol. The van der Waals surface area contributed by atoms with E-state index < -0.39 is 0 Å². The van der Waals surface area contributed by atoms with Crippen LogP contribution < -0.4 is 0 Å². The summed E-state index contributed by atoms with van der Waals surface area (Å²) in [6.07, 6.45) is 1.74. The molecule has 138 valence electrons. The lowest BCUT2D eigenvalue weighted by Gasteiger charge is -2.16. The summed E-state index contributed by atoms with van der Waals surface area (Å²) < 4.78 is 13.6. The maximum Gasteiger partial charge on any atom is 0.153 e. The number of furan rings is 1. The lowest BCUT2D eigenvalue weighted by atomic mass is 10.1. The summed E-state index contributed by atoms with van der Waals surface area (Å²) in [5.74, 6) is 1.20. The minimum absolute atomic E-state index is 0.0751. The van der Waals surface area contributed by atoms with Gasteiger partial charge in [-0.05, 0) is 23.6 Å². The summed E-state index contributed by atoms with van der Waals surface area (Å²) in [5.41, 5.74) is 2.73. The number of methoxy groups -OCH3 is 1. The van der Waals surface area contributed by atoms with Crippen molar-refractivity contribution in [1.29, 1.82) is 0 Å². The SMILES string of the molecule is CO[C@@H](Cn1cnc(-c2ccccc2)c1-c1ccc(CO)o1)c1cccs1. The van der Waals surface area contributed by atoms with Crippen molar-refractivity contribution in [3.8, 4) is 22.7 Å². The van der Waals surface area contributed by atoms with E-state index in [2.05, 4.69) is 15.6 Å². The summed E-state index contributed by atoms with van der Waals surface area (Å²) in [7, 11) is 1.72. The molecular formula is C21H20N2O3S. The molecule has 1 N–H and O–H groups in total. The zero-order valence-corrected chi connectivity index (χ0v) is 15.7. The van der Waals surface area contributed by atoms with Gasteiger partial charge in [0.1, 0.15) is 24.2 Å². The molecule has 0 saturated heterocycles. The Bertz CT molecular complexity index is 990. The summed E-state index contributed by atoms with van der Waals surface area (Å²) in [6.45, 7) is 0.478. The molecule has 0 bridgehead atoms. The average Bonchev–Trinajstić information content (AvgIpc) is 3.46. The molecule has 3 heterocycles. The van der Waals surface area contributed by atoms with Gasteiger partial charge in [0.05, 0.1) is 18.6 Å². The lowest BCUT2D eigenvalue weighted by molar-refractivity contribution is 0.0910. The second kappa shape index (κ2) is 7.92. The van der Waals surface area contributed by atoms with Gasteiger partial charge in [0.2, 0.25) is 0 Å². The van der Waals surface area contributed by atoms with E-state index in [1.165, 1.54) is 0 Å². The van der Waals surface area contributed by atoms with E-state index in [1.807, 2.05) is 54.2 Å². The number of rotatable bonds is 7. The van der Waals surface area contributed by atoms with Gasteiger partial charge in [0.25, 0.3) is 0 Å². The van der Waals surface area contributed by atoms with E-state index in [0.29, 0.717) is 18.1 Å². The van der Waals surface area contributed by atoms with Crippen molar-refractivity contribution in [2.75, 3.05) is 7.11 Å². The number of ether oxygens (including phenoxy) is 1. The van der Waals surface area contributed by atoms with E-state index in [9.17, 15) is 5.11 Å². The quantitative estimate of drug-likeness (QED) is 0.502. The summed E-state index contributed by atoms with van der Waals surface area (Å²) in [4.78, 5) is 5.82. The van der Waals surface area contributed by atoms with Crippen LogP contribution in [0.2, 0.25) is 0 Å². The number of hydrogen-bond acceptors (Lipinski definition) is 5. The van der Waals surface area contributed by atoms with Crippen molar-refractivity contribution in [1.82, 2.24) is 9.55 Å². The Hall–Kier alpha value is -2.67. The monoisotopic (exact) mass is 380 g/mol. The van der Waals surface area contributed by atoms with Gasteiger partial charge in [-0.3, -0.25) is 0 Å². The minimum atomic E-state index is -0.134. The smallest absolute Gasteiger partial charge is 0.153 e. The molecule has 27 heavy (non-hydrogen) atoms. The molecule has 0 fully saturated rings. The number of thiophene rings is 1. The van der Waals surface area contributed by atoms with E-state index in [4.69, 9.17) is 9.15 Å². The Morgan fingerprint density at radius 3 is 2.67 bits per heavy atom. The van der Waals surface area contributed by atoms with Crippen LogP contribution in [-0.2, 0) is 17.9 Å². The fourth-order valence-corrected chi connectivity index (χ4v) is 3.90. The standard InChI is InChI=1S/C21H20N2O3S/c1-25-18(19-8-5-11-27-19)12-23-14-22-20(15-6-3-2-4-7-15)21(23)17-10-9-16(13-24)26-17/h2-11,14,18,24H,12-13H2,1H3/t18-/m0/s1. The predicted molar refractivity (Wildman–Crippen MR) is 105 cm³/mol. The van der Waals surface area contributed by atoms with Crippen LogP contribution in [0, 0.1) is 0 Å². The maximum atomic E-state index is 9.38. The summed E-state index contributed by atoms with van der Waals surface area (Å²) in [6, 6.07) is 17.8. The molecule has 4 aromatic rings. The van der Waals surface area contributed by atoms with Crippen LogP contribution in [0.25, 0.3) is 22.7 Å². The summed E-state index contributed by atoms with van der Waals surface area (Å²) in [5, 5.41) is 11.4. The zero-order valence-electron chi connectivity index (χ0n) is 14.9. The Morgan fingerprint density at radius 1 is 1.15 bits per heavy atom. The van der Waals surface area contributed by atoms with E-state index >= 15 is 0 Å². The van der Waals surface area contributed by atoms with Gasteiger partial charge in [-0.2, -0.15) is 0 Å². The van der Waals surface area contributed by atoms with Crippen molar-refractivity contribution in [3.63, 3.8) is 0 Å². The second-order valence-corrected chi connectivity index (χ2v) is 7.10. The van der Waals surface area contributed by atoms with E-state index in [1.54, 1.807) is 24.5 Å². The highest BCUT2D eigenvalue weighted by atomic mass is 32.1. The van der Waals surface area contributed by atoms with Crippen LogP contribution in [0.1, 0.15) is 16.7 Å². The Morgan fingerprint density at radius 2 is 2.00 bits per heavy atom. The van der Waals surface area contributed by atoms with Gasteiger partial charge in [-0.15, -0.1) is 11.3 Å². The lowest BCUT2D eigenvalue weighted by Crippen LogP contribution is -2.10. The molecule has 1 atom stereocenters. The first kappa shape index (κ1) is 17.7. The highest BCUT2D eigenvalue weighted by Crippen LogP contribution is 2.34. The van der Waals surface area contributed by atoms with Crippen molar-refractivity contribution in [2.45, 2.75) is 19.3 Å². The molecule has 6 heteroatoms. The molecule has 0 amide bonds. The van der Waals surface area contributed by atoms with Gasteiger partial charge in [-0.25, -0.2) is 4.98 Å². The Kier molecular flexibility index (Phi) is 5.20. The topological polar surface area (TPSA) is 60.4 Å². The number of benzene rings is 1. The third-order valence-corrected chi connectivity index (χ3v) is 5.41. The molecule has 0 spiro atoms. The van der Waals surface area contributed by atoms with Crippen molar-refractivity contribution >= 4 is 11.3 Å². The first-order valence-electron chi connectivity index (χ1n) is 8.67. The van der Waals surface area contributed by atoms with Crippen LogP contribution in [0.5, 0.6) is 0 Å². The normalized spacial score (nSPS) is 12.4. The van der Waals surface area contributed by atoms with Crippen LogP contribution in [0.4, 0.5) is 0 Å². The van der Waals surface area contributed by atoms with Gasteiger partial charge in [-0.1, -0.05) is 36.4 Å². The number of nitrogens with zero attached hydrogens (tertiary/aromatic N) is 2. The molecule has 0 radical (unpaired) electrons. The molecule has 0 aliphatic heterocycles. The predicted octanol–water partition coefficient (Wildman–Crippen LogP) is 4.75. The molecule has 1 aromatic carbocycles. The van der Waals surface area contributed by atoms with Crippen LogP contribution in [0.3, 0.4) is 0 Å². The molecule has 0 saturated carbocycles. The molecule has 0 unspecified atom stereocenters. The number of aliphatic hydroxyl groups is 1. The number of aliphatic hydroxyl groups excluding tert-OH is 1. The average molecular weight is 380 g/mol.